The molecule has 0 atom stereocenters. The summed E-state index contributed by atoms with van der Waals surface area (Å²) in [5.41, 5.74) is 0. The summed E-state index contributed by atoms with van der Waals surface area (Å²) < 4.78 is 0. The SMILES string of the molecule is C1CCC2CCCCC2C1.CCC.CN(C)C. The highest BCUT2D eigenvalue weighted by Gasteiger charge is 2.26. The average molecular weight is 241 g/mol. The van der Waals surface area contributed by atoms with E-state index in [2.05, 4.69) is 13.8 Å². The zero-order valence-electron chi connectivity index (χ0n) is 13.0. The Bertz CT molecular complexity index is 125. The first-order chi connectivity index (χ1) is 8.11. The van der Waals surface area contributed by atoms with Gasteiger partial charge in [-0.05, 0) is 33.0 Å². The molecule has 0 bridgehead atoms. The molecule has 2 fully saturated rings. The van der Waals surface area contributed by atoms with E-state index in [0.29, 0.717) is 0 Å². The quantitative estimate of drug-likeness (QED) is 0.579. The third-order valence-electron chi connectivity index (χ3n) is 3.47. The van der Waals surface area contributed by atoms with E-state index in [9.17, 15) is 0 Å². The molecule has 0 aromatic carbocycles. The molecule has 0 spiro atoms. The second-order valence-corrected chi connectivity index (χ2v) is 6.14. The molecule has 2 saturated carbocycles. The molecular weight excluding hydrogens is 206 g/mol. The third-order valence-corrected chi connectivity index (χ3v) is 3.47. The highest BCUT2D eigenvalue weighted by atomic mass is 15.0. The fourth-order valence-electron chi connectivity index (χ4n) is 2.86. The average Bonchev–Trinajstić information content (AvgIpc) is 2.29. The monoisotopic (exact) mass is 241 g/mol. The van der Waals surface area contributed by atoms with Gasteiger partial charge in [0.15, 0.2) is 0 Å². The van der Waals surface area contributed by atoms with Crippen LogP contribution in [0, 0.1) is 11.8 Å². The van der Waals surface area contributed by atoms with Crippen LogP contribution in [0.15, 0.2) is 0 Å². The molecule has 2 aliphatic rings. The van der Waals surface area contributed by atoms with Crippen LogP contribution in [0.5, 0.6) is 0 Å². The lowest BCUT2D eigenvalue weighted by molar-refractivity contribution is 0.171. The second-order valence-electron chi connectivity index (χ2n) is 6.14. The lowest BCUT2D eigenvalue weighted by Crippen LogP contribution is -2.22. The van der Waals surface area contributed by atoms with E-state index >= 15 is 0 Å². The minimum atomic E-state index is 1.16. The van der Waals surface area contributed by atoms with Crippen molar-refractivity contribution in [2.45, 2.75) is 71.6 Å². The normalized spacial score (nSPS) is 27.2. The summed E-state index contributed by atoms with van der Waals surface area (Å²) in [7, 11) is 6.00. The first-order valence-corrected chi connectivity index (χ1v) is 7.72. The summed E-state index contributed by atoms with van der Waals surface area (Å²) in [6, 6.07) is 0. The molecule has 1 heteroatoms. The van der Waals surface area contributed by atoms with Gasteiger partial charge in [0.05, 0.1) is 0 Å². The van der Waals surface area contributed by atoms with Gasteiger partial charge in [0, 0.05) is 0 Å². The van der Waals surface area contributed by atoms with Gasteiger partial charge in [-0.25, -0.2) is 0 Å². The third kappa shape index (κ3) is 9.64. The molecule has 0 aliphatic heterocycles. The molecule has 0 saturated heterocycles. The van der Waals surface area contributed by atoms with Crippen molar-refractivity contribution in [3.05, 3.63) is 0 Å². The van der Waals surface area contributed by atoms with Crippen molar-refractivity contribution in [2.75, 3.05) is 21.1 Å². The van der Waals surface area contributed by atoms with Gasteiger partial charge in [-0.3, -0.25) is 0 Å². The Morgan fingerprint density at radius 3 is 1.06 bits per heavy atom. The number of fused-ring (bicyclic) bond motifs is 1. The van der Waals surface area contributed by atoms with Crippen LogP contribution in [0.2, 0.25) is 0 Å². The number of hydrogen-bond donors (Lipinski definition) is 0. The smallest absolute Gasteiger partial charge is 0.0140 e. The zero-order chi connectivity index (χ0) is 13.1. The van der Waals surface area contributed by atoms with E-state index < -0.39 is 0 Å². The van der Waals surface area contributed by atoms with Crippen LogP contribution in [-0.2, 0) is 0 Å². The number of nitrogens with zero attached hydrogens (tertiary/aromatic N) is 1. The molecule has 104 valence electrons. The van der Waals surface area contributed by atoms with Crippen molar-refractivity contribution in [2.24, 2.45) is 11.8 Å². The van der Waals surface area contributed by atoms with Crippen molar-refractivity contribution >= 4 is 0 Å². The molecule has 0 radical (unpaired) electrons. The Balaban J connectivity index is 0.000000311. The van der Waals surface area contributed by atoms with Gasteiger partial charge in [-0.15, -0.1) is 0 Å². The number of rotatable bonds is 0. The predicted octanol–water partition coefficient (Wildman–Crippen LogP) is 4.96. The van der Waals surface area contributed by atoms with Crippen LogP contribution in [0.25, 0.3) is 0 Å². The van der Waals surface area contributed by atoms with E-state index in [-0.39, 0.29) is 0 Å². The van der Waals surface area contributed by atoms with Crippen LogP contribution in [0.3, 0.4) is 0 Å². The molecule has 1 nitrogen and oxygen atoms in total. The maximum Gasteiger partial charge on any atom is -0.0140 e. The van der Waals surface area contributed by atoms with Gasteiger partial charge in [0.1, 0.15) is 0 Å². The maximum atomic E-state index is 2.12. The lowest BCUT2D eigenvalue weighted by Gasteiger charge is -2.35. The van der Waals surface area contributed by atoms with Crippen molar-refractivity contribution in [1.29, 1.82) is 0 Å². The van der Waals surface area contributed by atoms with Crippen LogP contribution in [-0.4, -0.2) is 26.0 Å². The van der Waals surface area contributed by atoms with Crippen LogP contribution >= 0.6 is 0 Å². The highest BCUT2D eigenvalue weighted by Crippen LogP contribution is 2.39. The van der Waals surface area contributed by atoms with Crippen molar-refractivity contribution in [1.82, 2.24) is 4.90 Å². The molecule has 0 amide bonds. The Morgan fingerprint density at radius 2 is 0.882 bits per heavy atom. The summed E-state index contributed by atoms with van der Waals surface area (Å²) in [4.78, 5) is 2.00. The van der Waals surface area contributed by atoms with Gasteiger partial charge >= 0.3 is 0 Å². The lowest BCUT2D eigenvalue weighted by atomic mass is 9.71. The van der Waals surface area contributed by atoms with E-state index in [1.165, 1.54) is 32.1 Å². The summed E-state index contributed by atoms with van der Waals surface area (Å²) >= 11 is 0. The van der Waals surface area contributed by atoms with E-state index in [4.69, 9.17) is 0 Å². The first-order valence-electron chi connectivity index (χ1n) is 7.72. The second kappa shape index (κ2) is 11.1. The molecule has 2 rings (SSSR count). The molecule has 0 aromatic heterocycles. The predicted molar refractivity (Wildman–Crippen MR) is 79.5 cm³/mol. The van der Waals surface area contributed by atoms with E-state index in [1.807, 2.05) is 26.0 Å². The highest BCUT2D eigenvalue weighted by molar-refractivity contribution is 4.78. The Labute approximate surface area is 110 Å². The summed E-state index contributed by atoms with van der Waals surface area (Å²) in [6.07, 6.45) is 13.6. The summed E-state index contributed by atoms with van der Waals surface area (Å²) in [5.74, 6) is 2.31. The van der Waals surface area contributed by atoms with Gasteiger partial charge < -0.3 is 4.90 Å². The van der Waals surface area contributed by atoms with Gasteiger partial charge in [0.2, 0.25) is 0 Å². The minimum Gasteiger partial charge on any atom is -0.312 e. The fraction of sp³-hybridized carbons (Fsp3) is 1.00. The maximum absolute atomic E-state index is 2.12. The molecule has 17 heavy (non-hydrogen) atoms. The Kier molecular flexibility index (Phi) is 11.0. The largest absolute Gasteiger partial charge is 0.312 e. The molecule has 2 aliphatic carbocycles. The Hall–Kier alpha value is -0.0400. The molecular formula is C16H35N. The fourth-order valence-corrected chi connectivity index (χ4v) is 2.86. The summed E-state index contributed by atoms with van der Waals surface area (Å²) in [6.45, 7) is 4.25. The Morgan fingerprint density at radius 1 is 0.706 bits per heavy atom. The van der Waals surface area contributed by atoms with E-state index in [1.54, 1.807) is 25.7 Å². The first kappa shape index (κ1) is 17.0. The van der Waals surface area contributed by atoms with Gasteiger partial charge in [0.25, 0.3) is 0 Å². The van der Waals surface area contributed by atoms with Crippen LogP contribution in [0.1, 0.15) is 71.6 Å². The molecule has 0 N–H and O–H groups in total. The van der Waals surface area contributed by atoms with E-state index in [0.717, 1.165) is 11.8 Å². The summed E-state index contributed by atoms with van der Waals surface area (Å²) in [5, 5.41) is 0. The van der Waals surface area contributed by atoms with Crippen LogP contribution < -0.4 is 0 Å². The molecule has 0 unspecified atom stereocenters. The van der Waals surface area contributed by atoms with Crippen molar-refractivity contribution < 1.29 is 0 Å². The topological polar surface area (TPSA) is 3.24 Å². The van der Waals surface area contributed by atoms with Crippen LogP contribution in [0.4, 0.5) is 0 Å². The van der Waals surface area contributed by atoms with Crippen molar-refractivity contribution in [3.63, 3.8) is 0 Å². The molecule has 0 aromatic rings. The standard InChI is InChI=1S/C10H18.C3H9N.C3H8/c1-2-6-10-8-4-3-7-9(10)5-1;1-4(2)3;1-3-2/h9-10H,1-8H2;1-3H3;3H2,1-2H3. The zero-order valence-corrected chi connectivity index (χ0v) is 13.0. The minimum absolute atomic E-state index is 1.16. The van der Waals surface area contributed by atoms with Gasteiger partial charge in [-0.1, -0.05) is 71.6 Å². The van der Waals surface area contributed by atoms with Crippen molar-refractivity contribution in [3.8, 4) is 0 Å². The van der Waals surface area contributed by atoms with Gasteiger partial charge in [-0.2, -0.15) is 0 Å². The molecule has 0 heterocycles. The number of hydrogen-bond acceptors (Lipinski definition) is 1.